The second-order valence-corrected chi connectivity index (χ2v) is 5.20. The maximum atomic E-state index is 13.5. The smallest absolute Gasteiger partial charge is 0.255 e. The second kappa shape index (κ2) is 5.88. The van der Waals surface area contributed by atoms with Crippen LogP contribution in [-0.2, 0) is 0 Å². The molecule has 0 heterocycles. The molecule has 0 unspecified atom stereocenters. The van der Waals surface area contributed by atoms with Crippen molar-refractivity contribution in [2.24, 2.45) is 0 Å². The van der Waals surface area contributed by atoms with E-state index in [9.17, 15) is 18.0 Å². The average Bonchev–Trinajstić information content (AvgIpc) is 2.39. The first-order chi connectivity index (χ1) is 9.38. The van der Waals surface area contributed by atoms with Crippen LogP contribution in [0.1, 0.15) is 10.4 Å². The van der Waals surface area contributed by atoms with Gasteiger partial charge >= 0.3 is 0 Å². The topological polar surface area (TPSA) is 29.1 Å². The molecule has 7 heteroatoms. The molecule has 2 aromatic carbocycles. The number of halogens is 4. The van der Waals surface area contributed by atoms with Crippen LogP contribution >= 0.6 is 28.6 Å². The molecule has 2 aromatic rings. The van der Waals surface area contributed by atoms with Gasteiger partial charge in [0, 0.05) is 16.5 Å². The van der Waals surface area contributed by atoms with E-state index in [1.807, 2.05) is 0 Å². The summed E-state index contributed by atoms with van der Waals surface area (Å²) < 4.78 is 39.6. The summed E-state index contributed by atoms with van der Waals surface area (Å²) in [6, 6.07) is 5.28. The van der Waals surface area contributed by atoms with Gasteiger partial charge in [0.05, 0.1) is 10.2 Å². The molecule has 2 nitrogen and oxygen atoms in total. The molecular formula is C13H7BrF3NOS. The van der Waals surface area contributed by atoms with Crippen LogP contribution in [-0.4, -0.2) is 5.91 Å². The average molecular weight is 362 g/mol. The van der Waals surface area contributed by atoms with Crippen molar-refractivity contribution in [1.82, 2.24) is 0 Å². The Morgan fingerprint density at radius 1 is 1.05 bits per heavy atom. The largest absolute Gasteiger partial charge is 0.319 e. The summed E-state index contributed by atoms with van der Waals surface area (Å²) >= 11 is 6.74. The van der Waals surface area contributed by atoms with Gasteiger partial charge in [-0.3, -0.25) is 4.79 Å². The minimum Gasteiger partial charge on any atom is -0.319 e. The van der Waals surface area contributed by atoms with E-state index in [0.717, 1.165) is 12.1 Å². The quantitative estimate of drug-likeness (QED) is 0.602. The summed E-state index contributed by atoms with van der Waals surface area (Å²) in [4.78, 5) is 11.9. The number of rotatable bonds is 2. The molecule has 0 aliphatic rings. The van der Waals surface area contributed by atoms with Gasteiger partial charge in [-0.05, 0) is 40.2 Å². The van der Waals surface area contributed by atoms with E-state index in [4.69, 9.17) is 0 Å². The highest BCUT2D eigenvalue weighted by Crippen LogP contribution is 2.24. The number of hydrogen-bond donors (Lipinski definition) is 2. The molecule has 0 aromatic heterocycles. The van der Waals surface area contributed by atoms with Gasteiger partial charge in [0.15, 0.2) is 0 Å². The van der Waals surface area contributed by atoms with Crippen LogP contribution in [0.2, 0.25) is 0 Å². The molecule has 0 saturated heterocycles. The monoisotopic (exact) mass is 361 g/mol. The SMILES string of the molecule is O=C(Nc1cc(Br)c(F)cc1F)c1ccc(F)c(S)c1. The van der Waals surface area contributed by atoms with E-state index in [1.54, 1.807) is 0 Å². The van der Waals surface area contributed by atoms with Gasteiger partial charge in [-0.25, -0.2) is 13.2 Å². The lowest BCUT2D eigenvalue weighted by Gasteiger charge is -2.08. The molecule has 0 saturated carbocycles. The van der Waals surface area contributed by atoms with E-state index < -0.39 is 23.4 Å². The fourth-order valence-electron chi connectivity index (χ4n) is 1.47. The number of carbonyl (C=O) groups is 1. The summed E-state index contributed by atoms with van der Waals surface area (Å²) in [6.07, 6.45) is 0. The Labute approximate surface area is 126 Å². The highest BCUT2D eigenvalue weighted by Gasteiger charge is 2.13. The van der Waals surface area contributed by atoms with Crippen molar-refractivity contribution in [3.05, 3.63) is 57.8 Å². The van der Waals surface area contributed by atoms with E-state index in [2.05, 4.69) is 33.9 Å². The Morgan fingerprint density at radius 3 is 2.40 bits per heavy atom. The van der Waals surface area contributed by atoms with Crippen molar-refractivity contribution < 1.29 is 18.0 Å². The molecule has 0 fully saturated rings. The van der Waals surface area contributed by atoms with E-state index in [-0.39, 0.29) is 20.6 Å². The molecule has 20 heavy (non-hydrogen) atoms. The summed E-state index contributed by atoms with van der Waals surface area (Å²) in [5, 5.41) is 2.27. The molecule has 104 valence electrons. The molecule has 1 amide bonds. The first kappa shape index (κ1) is 14.9. The predicted octanol–water partition coefficient (Wildman–Crippen LogP) is 4.41. The lowest BCUT2D eigenvalue weighted by Crippen LogP contribution is -2.13. The number of anilines is 1. The maximum absolute atomic E-state index is 13.5. The number of amides is 1. The highest BCUT2D eigenvalue weighted by atomic mass is 79.9. The lowest BCUT2D eigenvalue weighted by molar-refractivity contribution is 0.102. The van der Waals surface area contributed by atoms with Gasteiger partial charge in [-0.15, -0.1) is 12.6 Å². The normalized spacial score (nSPS) is 10.4. The standard InChI is InChI=1S/C13H7BrF3NOS/c14-7-4-11(10(17)5-9(7)16)18-13(19)6-1-2-8(15)12(20)3-6/h1-5,20H,(H,18,19). The predicted molar refractivity (Wildman–Crippen MR) is 75.7 cm³/mol. The summed E-state index contributed by atoms with van der Waals surface area (Å²) in [5.41, 5.74) is -0.0791. The number of thiol groups is 1. The van der Waals surface area contributed by atoms with Crippen LogP contribution in [0.5, 0.6) is 0 Å². The zero-order chi connectivity index (χ0) is 14.9. The van der Waals surface area contributed by atoms with Gasteiger partial charge in [0.1, 0.15) is 17.5 Å². The number of nitrogens with one attached hydrogen (secondary N) is 1. The van der Waals surface area contributed by atoms with Crippen LogP contribution in [0.15, 0.2) is 39.7 Å². The van der Waals surface area contributed by atoms with Crippen molar-refractivity contribution >= 4 is 40.2 Å². The fraction of sp³-hybridized carbons (Fsp3) is 0. The molecule has 2 rings (SSSR count). The minimum absolute atomic E-state index is 0.00147. The van der Waals surface area contributed by atoms with Crippen LogP contribution in [0.3, 0.4) is 0 Å². The molecule has 1 N–H and O–H groups in total. The molecule has 0 aliphatic carbocycles. The van der Waals surface area contributed by atoms with Crippen molar-refractivity contribution in [3.8, 4) is 0 Å². The Kier molecular flexibility index (Phi) is 4.39. The molecular weight excluding hydrogens is 355 g/mol. The highest BCUT2D eigenvalue weighted by molar-refractivity contribution is 9.10. The van der Waals surface area contributed by atoms with Crippen LogP contribution in [0, 0.1) is 17.5 Å². The molecule has 0 spiro atoms. The van der Waals surface area contributed by atoms with Crippen LogP contribution in [0.25, 0.3) is 0 Å². The van der Waals surface area contributed by atoms with Gasteiger partial charge in [0.2, 0.25) is 0 Å². The van der Waals surface area contributed by atoms with Gasteiger partial charge in [-0.2, -0.15) is 0 Å². The van der Waals surface area contributed by atoms with Gasteiger partial charge in [-0.1, -0.05) is 0 Å². The number of benzene rings is 2. The minimum atomic E-state index is -0.910. The van der Waals surface area contributed by atoms with E-state index in [0.29, 0.717) is 6.07 Å². The summed E-state index contributed by atoms with van der Waals surface area (Å²) in [6.45, 7) is 0. The molecule has 0 radical (unpaired) electrons. The summed E-state index contributed by atoms with van der Waals surface area (Å²) in [7, 11) is 0. The first-order valence-electron chi connectivity index (χ1n) is 5.33. The van der Waals surface area contributed by atoms with Crippen molar-refractivity contribution in [1.29, 1.82) is 0 Å². The van der Waals surface area contributed by atoms with Gasteiger partial charge in [0.25, 0.3) is 5.91 Å². The lowest BCUT2D eigenvalue weighted by atomic mass is 10.2. The van der Waals surface area contributed by atoms with Crippen LogP contribution in [0.4, 0.5) is 18.9 Å². The van der Waals surface area contributed by atoms with Crippen molar-refractivity contribution in [3.63, 3.8) is 0 Å². The first-order valence-corrected chi connectivity index (χ1v) is 6.57. The fourth-order valence-corrected chi connectivity index (χ4v) is 2.02. The Hall–Kier alpha value is -1.47. The zero-order valence-corrected chi connectivity index (χ0v) is 12.2. The third kappa shape index (κ3) is 3.16. The van der Waals surface area contributed by atoms with Gasteiger partial charge < -0.3 is 5.32 Å². The molecule has 0 aliphatic heterocycles. The van der Waals surface area contributed by atoms with E-state index >= 15 is 0 Å². The van der Waals surface area contributed by atoms with Crippen LogP contribution < -0.4 is 5.32 Å². The number of carbonyl (C=O) groups excluding carboxylic acids is 1. The Morgan fingerprint density at radius 2 is 1.75 bits per heavy atom. The van der Waals surface area contributed by atoms with Crippen molar-refractivity contribution in [2.75, 3.05) is 5.32 Å². The molecule has 0 atom stereocenters. The second-order valence-electron chi connectivity index (χ2n) is 3.87. The van der Waals surface area contributed by atoms with E-state index in [1.165, 1.54) is 12.1 Å². The third-order valence-corrected chi connectivity index (χ3v) is 3.42. The third-order valence-electron chi connectivity index (χ3n) is 2.47. The zero-order valence-electron chi connectivity index (χ0n) is 9.75. The Bertz CT molecular complexity index is 694. The summed E-state index contributed by atoms with van der Waals surface area (Å²) in [5.74, 6) is -2.91. The number of hydrogen-bond acceptors (Lipinski definition) is 2. The molecule has 0 bridgehead atoms. The maximum Gasteiger partial charge on any atom is 0.255 e. The van der Waals surface area contributed by atoms with Crippen molar-refractivity contribution in [2.45, 2.75) is 4.90 Å². The Balaban J connectivity index is 2.27.